The van der Waals surface area contributed by atoms with Crippen LogP contribution in [0.15, 0.2) is 0 Å². The zero-order valence-corrected chi connectivity index (χ0v) is 13.0. The molecule has 0 amide bonds. The Bertz CT molecular complexity index is 500. The summed E-state index contributed by atoms with van der Waals surface area (Å²) in [6.45, 7) is 6.79. The van der Waals surface area contributed by atoms with Gasteiger partial charge in [-0.15, -0.1) is 11.3 Å². The Morgan fingerprint density at radius 3 is 3.00 bits per heavy atom. The Morgan fingerprint density at radius 1 is 1.45 bits per heavy atom. The summed E-state index contributed by atoms with van der Waals surface area (Å²) in [6, 6.07) is 0. The number of ether oxygens (including phenoxy) is 1. The van der Waals surface area contributed by atoms with Gasteiger partial charge in [0.25, 0.3) is 0 Å². The van der Waals surface area contributed by atoms with Crippen LogP contribution in [0.3, 0.4) is 0 Å². The molecule has 1 fully saturated rings. The van der Waals surface area contributed by atoms with Crippen molar-refractivity contribution in [2.75, 3.05) is 24.6 Å². The number of rotatable bonds is 4. The minimum absolute atomic E-state index is 0.101. The minimum Gasteiger partial charge on any atom is -0.465 e. The van der Waals surface area contributed by atoms with Gasteiger partial charge in [0.15, 0.2) is 5.13 Å². The molecule has 5 heteroatoms. The van der Waals surface area contributed by atoms with Crippen LogP contribution in [-0.4, -0.2) is 30.6 Å². The van der Waals surface area contributed by atoms with E-state index in [9.17, 15) is 4.79 Å². The van der Waals surface area contributed by atoms with Crippen molar-refractivity contribution in [3.05, 3.63) is 10.6 Å². The average molecular weight is 294 g/mol. The van der Waals surface area contributed by atoms with Gasteiger partial charge in [0.1, 0.15) is 5.92 Å². The van der Waals surface area contributed by atoms with Gasteiger partial charge < -0.3 is 9.64 Å². The molecule has 2 atom stereocenters. The topological polar surface area (TPSA) is 42.4 Å². The lowest BCUT2D eigenvalue weighted by molar-refractivity contribution is -0.145. The lowest BCUT2D eigenvalue weighted by Crippen LogP contribution is -2.20. The molecular formula is C15H22N2O2S. The van der Waals surface area contributed by atoms with Gasteiger partial charge in [0, 0.05) is 18.0 Å². The first-order valence-electron chi connectivity index (χ1n) is 7.64. The molecule has 0 spiro atoms. The SMILES string of the molecule is CCOC(=O)C1CCc2sc(N3CCC(CC)C3)nc21. The highest BCUT2D eigenvalue weighted by molar-refractivity contribution is 7.15. The maximum atomic E-state index is 12.0. The van der Waals surface area contributed by atoms with E-state index in [-0.39, 0.29) is 11.9 Å². The fraction of sp³-hybridized carbons (Fsp3) is 0.733. The molecule has 0 saturated carbocycles. The van der Waals surface area contributed by atoms with E-state index in [0.717, 1.165) is 42.7 Å². The van der Waals surface area contributed by atoms with E-state index in [2.05, 4.69) is 11.8 Å². The third-order valence-electron chi connectivity index (χ3n) is 4.41. The van der Waals surface area contributed by atoms with Gasteiger partial charge >= 0.3 is 5.97 Å². The molecule has 2 aliphatic rings. The van der Waals surface area contributed by atoms with Crippen molar-refractivity contribution < 1.29 is 9.53 Å². The fourth-order valence-electron chi connectivity index (χ4n) is 3.16. The molecule has 20 heavy (non-hydrogen) atoms. The molecule has 0 aromatic carbocycles. The number of aryl methyl sites for hydroxylation is 1. The minimum atomic E-state index is -0.125. The van der Waals surface area contributed by atoms with Gasteiger partial charge in [0.2, 0.25) is 0 Å². The Hall–Kier alpha value is -1.10. The fourth-order valence-corrected chi connectivity index (χ4v) is 4.33. The van der Waals surface area contributed by atoms with Gasteiger partial charge in [0.05, 0.1) is 12.3 Å². The number of aromatic nitrogens is 1. The van der Waals surface area contributed by atoms with Crippen LogP contribution in [0.1, 0.15) is 49.6 Å². The number of hydrogen-bond donors (Lipinski definition) is 0. The largest absolute Gasteiger partial charge is 0.465 e. The second-order valence-electron chi connectivity index (χ2n) is 5.66. The van der Waals surface area contributed by atoms with E-state index >= 15 is 0 Å². The molecule has 1 aliphatic heterocycles. The van der Waals surface area contributed by atoms with Crippen molar-refractivity contribution in [3.63, 3.8) is 0 Å². The third-order valence-corrected chi connectivity index (χ3v) is 5.60. The number of hydrogen-bond acceptors (Lipinski definition) is 5. The van der Waals surface area contributed by atoms with E-state index in [1.807, 2.05) is 6.92 Å². The molecular weight excluding hydrogens is 272 g/mol. The summed E-state index contributed by atoms with van der Waals surface area (Å²) in [5, 5.41) is 1.11. The first kappa shape index (κ1) is 13.9. The van der Waals surface area contributed by atoms with Crippen LogP contribution in [0.25, 0.3) is 0 Å². The molecule has 1 aromatic heterocycles. The van der Waals surface area contributed by atoms with Crippen LogP contribution in [-0.2, 0) is 16.0 Å². The highest BCUT2D eigenvalue weighted by atomic mass is 32.1. The molecule has 0 N–H and O–H groups in total. The summed E-state index contributed by atoms with van der Waals surface area (Å²) in [7, 11) is 0. The zero-order valence-electron chi connectivity index (χ0n) is 12.2. The van der Waals surface area contributed by atoms with Crippen LogP contribution >= 0.6 is 11.3 Å². The normalized spacial score (nSPS) is 25.0. The lowest BCUT2D eigenvalue weighted by Gasteiger charge is -2.15. The average Bonchev–Trinajstić information content (AvgIpc) is 3.12. The van der Waals surface area contributed by atoms with Crippen LogP contribution in [0.4, 0.5) is 5.13 Å². The zero-order chi connectivity index (χ0) is 14.1. The lowest BCUT2D eigenvalue weighted by atomic mass is 10.1. The predicted molar refractivity (Wildman–Crippen MR) is 80.4 cm³/mol. The number of fused-ring (bicyclic) bond motifs is 1. The molecule has 2 unspecified atom stereocenters. The summed E-state index contributed by atoms with van der Waals surface area (Å²) in [5.74, 6) is 0.574. The van der Waals surface area contributed by atoms with Crippen LogP contribution < -0.4 is 4.90 Å². The molecule has 1 aromatic rings. The quantitative estimate of drug-likeness (QED) is 0.801. The van der Waals surface area contributed by atoms with E-state index in [4.69, 9.17) is 9.72 Å². The number of carbonyl (C=O) groups excluding carboxylic acids is 1. The van der Waals surface area contributed by atoms with E-state index < -0.39 is 0 Å². The highest BCUT2D eigenvalue weighted by Crippen LogP contribution is 2.41. The second-order valence-corrected chi connectivity index (χ2v) is 6.72. The number of esters is 1. The van der Waals surface area contributed by atoms with Crippen LogP contribution in [0, 0.1) is 5.92 Å². The molecule has 3 rings (SSSR count). The van der Waals surface area contributed by atoms with Crippen molar-refractivity contribution in [2.45, 2.75) is 45.4 Å². The van der Waals surface area contributed by atoms with Gasteiger partial charge in [-0.25, -0.2) is 4.98 Å². The molecule has 1 aliphatic carbocycles. The second kappa shape index (κ2) is 5.72. The third kappa shape index (κ3) is 2.43. The molecule has 2 heterocycles. The smallest absolute Gasteiger partial charge is 0.315 e. The Morgan fingerprint density at radius 2 is 2.30 bits per heavy atom. The summed E-state index contributed by atoms with van der Waals surface area (Å²) in [6.07, 6.45) is 4.35. The predicted octanol–water partition coefficient (Wildman–Crippen LogP) is 2.97. The number of carbonyl (C=O) groups is 1. The first-order valence-corrected chi connectivity index (χ1v) is 8.45. The van der Waals surface area contributed by atoms with Gasteiger partial charge in [-0.3, -0.25) is 4.79 Å². The molecule has 110 valence electrons. The maximum Gasteiger partial charge on any atom is 0.315 e. The van der Waals surface area contributed by atoms with Crippen molar-refractivity contribution in [3.8, 4) is 0 Å². The monoisotopic (exact) mass is 294 g/mol. The first-order chi connectivity index (χ1) is 9.72. The van der Waals surface area contributed by atoms with Crippen LogP contribution in [0.5, 0.6) is 0 Å². The highest BCUT2D eigenvalue weighted by Gasteiger charge is 2.35. The number of anilines is 1. The van der Waals surface area contributed by atoms with E-state index in [1.54, 1.807) is 11.3 Å². The van der Waals surface area contributed by atoms with Crippen LogP contribution in [0.2, 0.25) is 0 Å². The standard InChI is InChI=1S/C15H22N2O2S/c1-3-10-7-8-17(9-10)15-16-13-11(14(18)19-4-2)5-6-12(13)20-15/h10-11H,3-9H2,1-2H3. The van der Waals surface area contributed by atoms with Crippen molar-refractivity contribution in [1.82, 2.24) is 4.98 Å². The summed E-state index contributed by atoms with van der Waals surface area (Å²) in [5.41, 5.74) is 0.989. The van der Waals surface area contributed by atoms with E-state index in [1.165, 1.54) is 17.7 Å². The Labute approximate surface area is 124 Å². The molecule has 4 nitrogen and oxygen atoms in total. The van der Waals surface area contributed by atoms with Gasteiger partial charge in [-0.1, -0.05) is 13.3 Å². The number of thiazole rings is 1. The molecule has 1 saturated heterocycles. The molecule has 0 bridgehead atoms. The molecule has 0 radical (unpaired) electrons. The Kier molecular flexibility index (Phi) is 3.96. The van der Waals surface area contributed by atoms with Crippen molar-refractivity contribution >= 4 is 22.4 Å². The van der Waals surface area contributed by atoms with Gasteiger partial charge in [-0.2, -0.15) is 0 Å². The summed E-state index contributed by atoms with van der Waals surface area (Å²) < 4.78 is 5.16. The summed E-state index contributed by atoms with van der Waals surface area (Å²) >= 11 is 1.78. The van der Waals surface area contributed by atoms with Crippen molar-refractivity contribution in [1.29, 1.82) is 0 Å². The Balaban J connectivity index is 1.75. The van der Waals surface area contributed by atoms with Gasteiger partial charge in [-0.05, 0) is 32.1 Å². The summed E-state index contributed by atoms with van der Waals surface area (Å²) in [4.78, 5) is 20.4. The maximum absolute atomic E-state index is 12.0. The van der Waals surface area contributed by atoms with Crippen molar-refractivity contribution in [2.24, 2.45) is 5.92 Å². The van der Waals surface area contributed by atoms with E-state index in [0.29, 0.717) is 6.61 Å². The number of nitrogens with zero attached hydrogens (tertiary/aromatic N) is 2.